The predicted molar refractivity (Wildman–Crippen MR) is 85.9 cm³/mol. The number of benzene rings is 1. The lowest BCUT2D eigenvalue weighted by atomic mass is 10.2. The molecular formula is C14H13N3O4S2. The number of sulfone groups is 1. The summed E-state index contributed by atoms with van der Waals surface area (Å²) in [5, 5.41) is 18.5. The first-order valence-corrected chi connectivity index (χ1v) is 9.67. The Labute approximate surface area is 136 Å². The van der Waals surface area contributed by atoms with E-state index in [9.17, 15) is 13.5 Å². The summed E-state index contributed by atoms with van der Waals surface area (Å²) >= 11 is 1.11. The fourth-order valence-corrected chi connectivity index (χ4v) is 6.01. The second-order valence-corrected chi connectivity index (χ2v) is 8.77. The Morgan fingerprint density at radius 1 is 1.26 bits per heavy atom. The lowest BCUT2D eigenvalue weighted by Gasteiger charge is -2.07. The summed E-state index contributed by atoms with van der Waals surface area (Å²) in [4.78, 5) is 3.13. The summed E-state index contributed by atoms with van der Waals surface area (Å²) in [6, 6.07) is 7.75. The molecule has 1 aliphatic heterocycles. The van der Waals surface area contributed by atoms with E-state index in [1.807, 2.05) is 24.3 Å². The Bertz CT molecular complexity index is 963. The first kappa shape index (κ1) is 14.7. The minimum Gasteiger partial charge on any atom is -0.411 e. The van der Waals surface area contributed by atoms with E-state index in [2.05, 4.69) is 15.2 Å². The van der Waals surface area contributed by atoms with Crippen LogP contribution in [-0.4, -0.2) is 51.6 Å². The van der Waals surface area contributed by atoms with Gasteiger partial charge in [0, 0.05) is 17.1 Å². The largest absolute Gasteiger partial charge is 0.411 e. The molecule has 1 aliphatic rings. The van der Waals surface area contributed by atoms with Gasteiger partial charge in [0.2, 0.25) is 0 Å². The van der Waals surface area contributed by atoms with Gasteiger partial charge in [0.1, 0.15) is 0 Å². The maximum absolute atomic E-state index is 11.5. The van der Waals surface area contributed by atoms with Crippen molar-refractivity contribution in [2.75, 3.05) is 11.5 Å². The average Bonchev–Trinajstić information content (AvgIpc) is 3.17. The summed E-state index contributed by atoms with van der Waals surface area (Å²) in [5.74, 6) is 0.0675. The van der Waals surface area contributed by atoms with Crippen LogP contribution < -0.4 is 0 Å². The molecule has 23 heavy (non-hydrogen) atoms. The number of aliphatic hydroxyl groups excluding tert-OH is 1. The Morgan fingerprint density at radius 3 is 2.87 bits per heavy atom. The standard InChI is InChI=1S/C14H13N3O4S2/c18-11-6-23(19,20)7-12(11)22-14-17-16-13(21-14)9-5-15-10-4-2-1-3-8(9)10/h1-5,11-12,15,18H,6-7H2/t11-,12-/m1/s1. The molecule has 2 N–H and O–H groups in total. The minimum atomic E-state index is -3.20. The SMILES string of the molecule is O=S1(=O)C[C@@H](O)[C@H](Sc2nnc(-c3c[nH]c4ccccc34)o2)C1. The van der Waals surface area contributed by atoms with Crippen molar-refractivity contribution in [2.24, 2.45) is 0 Å². The second-order valence-electron chi connectivity index (χ2n) is 5.42. The van der Waals surface area contributed by atoms with E-state index in [1.165, 1.54) is 0 Å². The van der Waals surface area contributed by atoms with Crippen molar-refractivity contribution in [1.29, 1.82) is 0 Å². The van der Waals surface area contributed by atoms with Gasteiger partial charge >= 0.3 is 0 Å². The number of aromatic nitrogens is 3. The summed E-state index contributed by atoms with van der Waals surface area (Å²) < 4.78 is 28.7. The zero-order chi connectivity index (χ0) is 16.0. The molecule has 0 spiro atoms. The zero-order valence-corrected chi connectivity index (χ0v) is 13.5. The molecule has 2 atom stereocenters. The first-order chi connectivity index (χ1) is 11.0. The van der Waals surface area contributed by atoms with Crippen molar-refractivity contribution >= 4 is 32.5 Å². The average molecular weight is 351 g/mol. The van der Waals surface area contributed by atoms with Gasteiger partial charge in [-0.1, -0.05) is 30.0 Å². The third kappa shape index (κ3) is 2.75. The smallest absolute Gasteiger partial charge is 0.277 e. The molecule has 7 nitrogen and oxygen atoms in total. The molecule has 0 aliphatic carbocycles. The number of para-hydroxylation sites is 1. The van der Waals surface area contributed by atoms with E-state index in [-0.39, 0.29) is 16.7 Å². The number of aromatic amines is 1. The maximum atomic E-state index is 11.5. The van der Waals surface area contributed by atoms with Gasteiger partial charge in [-0.2, -0.15) is 0 Å². The third-order valence-electron chi connectivity index (χ3n) is 3.75. The molecule has 0 bridgehead atoms. The lowest BCUT2D eigenvalue weighted by Crippen LogP contribution is -2.19. The molecule has 2 aromatic heterocycles. The molecule has 0 unspecified atom stereocenters. The molecular weight excluding hydrogens is 338 g/mol. The minimum absolute atomic E-state index is 0.0797. The number of hydrogen-bond acceptors (Lipinski definition) is 7. The molecule has 1 fully saturated rings. The van der Waals surface area contributed by atoms with Crippen LogP contribution in [0.15, 0.2) is 40.1 Å². The number of aliphatic hydroxyl groups is 1. The number of nitrogens with one attached hydrogen (secondary N) is 1. The van der Waals surface area contributed by atoms with Crippen molar-refractivity contribution in [3.8, 4) is 11.5 Å². The number of nitrogens with zero attached hydrogens (tertiary/aromatic N) is 2. The normalized spacial score (nSPS) is 23.5. The molecule has 9 heteroatoms. The molecule has 1 saturated heterocycles. The highest BCUT2D eigenvalue weighted by molar-refractivity contribution is 8.01. The van der Waals surface area contributed by atoms with E-state index < -0.39 is 21.2 Å². The molecule has 3 heterocycles. The van der Waals surface area contributed by atoms with Crippen molar-refractivity contribution in [2.45, 2.75) is 16.6 Å². The number of rotatable bonds is 3. The molecule has 4 rings (SSSR count). The molecule has 0 saturated carbocycles. The highest BCUT2D eigenvalue weighted by atomic mass is 32.2. The van der Waals surface area contributed by atoms with Gasteiger partial charge in [-0.25, -0.2) is 8.42 Å². The number of hydrogen-bond donors (Lipinski definition) is 2. The van der Waals surface area contributed by atoms with E-state index >= 15 is 0 Å². The van der Waals surface area contributed by atoms with Gasteiger partial charge in [-0.05, 0) is 6.07 Å². The maximum Gasteiger partial charge on any atom is 0.277 e. The number of H-pyrrole nitrogens is 1. The summed E-state index contributed by atoms with van der Waals surface area (Å²) in [7, 11) is -3.20. The highest BCUT2D eigenvalue weighted by Gasteiger charge is 2.38. The molecule has 1 aromatic carbocycles. The van der Waals surface area contributed by atoms with Gasteiger partial charge in [0.25, 0.3) is 11.1 Å². The van der Waals surface area contributed by atoms with Crippen molar-refractivity contribution < 1.29 is 17.9 Å². The van der Waals surface area contributed by atoms with Crippen molar-refractivity contribution in [1.82, 2.24) is 15.2 Å². The van der Waals surface area contributed by atoms with E-state index in [4.69, 9.17) is 4.42 Å². The monoisotopic (exact) mass is 351 g/mol. The number of fused-ring (bicyclic) bond motifs is 1. The van der Waals surface area contributed by atoms with Gasteiger partial charge in [-0.15, -0.1) is 10.2 Å². The number of thioether (sulfide) groups is 1. The van der Waals surface area contributed by atoms with Crippen LogP contribution >= 0.6 is 11.8 Å². The Balaban J connectivity index is 1.60. The van der Waals surface area contributed by atoms with Gasteiger partial charge < -0.3 is 14.5 Å². The van der Waals surface area contributed by atoms with E-state index in [0.717, 1.165) is 28.2 Å². The topological polar surface area (TPSA) is 109 Å². The Hall–Kier alpha value is -1.84. The zero-order valence-electron chi connectivity index (χ0n) is 11.8. The quantitative estimate of drug-likeness (QED) is 0.735. The van der Waals surface area contributed by atoms with E-state index in [1.54, 1.807) is 6.20 Å². The van der Waals surface area contributed by atoms with Crippen LogP contribution in [0.2, 0.25) is 0 Å². The molecule has 0 amide bonds. The van der Waals surface area contributed by atoms with Crippen LogP contribution in [0.4, 0.5) is 0 Å². The first-order valence-electron chi connectivity index (χ1n) is 6.97. The second kappa shape index (κ2) is 5.36. The lowest BCUT2D eigenvalue weighted by molar-refractivity contribution is 0.207. The van der Waals surface area contributed by atoms with Crippen molar-refractivity contribution in [3.63, 3.8) is 0 Å². The van der Waals surface area contributed by atoms with Crippen molar-refractivity contribution in [3.05, 3.63) is 30.5 Å². The van der Waals surface area contributed by atoms with Crippen LogP contribution in [0.5, 0.6) is 0 Å². The van der Waals surface area contributed by atoms with Gasteiger partial charge in [0.15, 0.2) is 9.84 Å². The molecule has 120 valence electrons. The van der Waals surface area contributed by atoms with Gasteiger partial charge in [-0.3, -0.25) is 0 Å². The van der Waals surface area contributed by atoms with Crippen LogP contribution in [0.3, 0.4) is 0 Å². The summed E-state index contributed by atoms with van der Waals surface area (Å²) in [5.41, 5.74) is 1.76. The Morgan fingerprint density at radius 2 is 2.09 bits per heavy atom. The van der Waals surface area contributed by atoms with Crippen LogP contribution in [-0.2, 0) is 9.84 Å². The summed E-state index contributed by atoms with van der Waals surface area (Å²) in [6.07, 6.45) is 0.884. The fourth-order valence-electron chi connectivity index (χ4n) is 2.65. The molecule has 3 aromatic rings. The van der Waals surface area contributed by atoms with E-state index in [0.29, 0.717) is 5.89 Å². The molecule has 0 radical (unpaired) electrons. The highest BCUT2D eigenvalue weighted by Crippen LogP contribution is 2.33. The Kier molecular flexibility index (Phi) is 3.43. The van der Waals surface area contributed by atoms with Crippen LogP contribution in [0.25, 0.3) is 22.4 Å². The fraction of sp³-hybridized carbons (Fsp3) is 0.286. The summed E-state index contributed by atoms with van der Waals surface area (Å²) in [6.45, 7) is 0. The van der Waals surface area contributed by atoms with Gasteiger partial charge in [0.05, 0.1) is 28.4 Å². The van der Waals surface area contributed by atoms with Crippen LogP contribution in [0, 0.1) is 0 Å². The predicted octanol–water partition coefficient (Wildman–Crippen LogP) is 1.47. The van der Waals surface area contributed by atoms with Crippen LogP contribution in [0.1, 0.15) is 0 Å². The third-order valence-corrected chi connectivity index (χ3v) is 6.83.